The van der Waals surface area contributed by atoms with Gasteiger partial charge in [0.1, 0.15) is 11.9 Å². The quantitative estimate of drug-likeness (QED) is 0.466. The van der Waals surface area contributed by atoms with E-state index < -0.39 is 6.10 Å². The summed E-state index contributed by atoms with van der Waals surface area (Å²) in [5.41, 5.74) is 4.47. The molecule has 0 amide bonds. The van der Waals surface area contributed by atoms with E-state index in [4.69, 9.17) is 0 Å². The van der Waals surface area contributed by atoms with Crippen LogP contribution in [0.5, 0.6) is 5.75 Å². The molecule has 2 N–H and O–H groups in total. The van der Waals surface area contributed by atoms with Gasteiger partial charge in [-0.2, -0.15) is 11.8 Å². The number of hydrogen-bond acceptors (Lipinski definition) is 3. The summed E-state index contributed by atoms with van der Waals surface area (Å²) < 4.78 is 0.458. The van der Waals surface area contributed by atoms with Crippen molar-refractivity contribution in [2.45, 2.75) is 77.1 Å². The number of aliphatic hydroxyl groups is 1. The number of thioether (sulfide) groups is 1. The predicted octanol–water partition coefficient (Wildman–Crippen LogP) is 7.86. The number of aromatic hydroxyl groups is 1. The normalized spacial score (nSPS) is 25.9. The molecule has 32 heavy (non-hydrogen) atoms. The van der Waals surface area contributed by atoms with Crippen molar-refractivity contribution < 1.29 is 10.2 Å². The van der Waals surface area contributed by atoms with Gasteiger partial charge in [-0.25, -0.2) is 0 Å². The molecule has 2 aliphatic carbocycles. The van der Waals surface area contributed by atoms with Gasteiger partial charge in [-0.1, -0.05) is 88.7 Å². The zero-order chi connectivity index (χ0) is 23.5. The van der Waals surface area contributed by atoms with E-state index in [2.05, 4.69) is 47.0 Å². The second-order valence-corrected chi connectivity index (χ2v) is 12.7. The van der Waals surface area contributed by atoms with Gasteiger partial charge in [0, 0.05) is 16.2 Å². The summed E-state index contributed by atoms with van der Waals surface area (Å²) >= 11 is 1.88. The number of phenolic OH excluding ortho intramolecular Hbond substituents is 1. The summed E-state index contributed by atoms with van der Waals surface area (Å²) in [7, 11) is 0. The van der Waals surface area contributed by atoms with Gasteiger partial charge in [0.25, 0.3) is 0 Å². The highest BCUT2D eigenvalue weighted by Gasteiger charge is 2.38. The summed E-state index contributed by atoms with van der Waals surface area (Å²) in [6.45, 7) is 11.4. The molecule has 4 atom stereocenters. The third-order valence-corrected chi connectivity index (χ3v) is 7.98. The van der Waals surface area contributed by atoms with Crippen molar-refractivity contribution in [1.29, 1.82) is 0 Å². The monoisotopic (exact) mass is 452 g/mol. The maximum Gasteiger partial charge on any atom is 0.119 e. The topological polar surface area (TPSA) is 40.5 Å². The van der Waals surface area contributed by atoms with Crippen molar-refractivity contribution >= 4 is 11.8 Å². The Morgan fingerprint density at radius 2 is 1.69 bits per heavy atom. The van der Waals surface area contributed by atoms with Gasteiger partial charge in [-0.15, -0.1) is 0 Å². The van der Waals surface area contributed by atoms with Crippen molar-refractivity contribution in [3.8, 4) is 5.75 Å². The van der Waals surface area contributed by atoms with Crippen molar-refractivity contribution in [1.82, 2.24) is 0 Å². The van der Waals surface area contributed by atoms with Crippen LogP contribution in [0, 0.1) is 11.3 Å². The van der Waals surface area contributed by atoms with Crippen molar-refractivity contribution in [2.24, 2.45) is 11.3 Å². The van der Waals surface area contributed by atoms with Crippen LogP contribution in [0.1, 0.15) is 89.0 Å². The summed E-state index contributed by atoms with van der Waals surface area (Å²) in [6.07, 6.45) is 8.57. The smallest absolute Gasteiger partial charge is 0.119 e. The largest absolute Gasteiger partial charge is 0.508 e. The SMILES string of the molecule is CC1CC2=CC(c3ccc(C(O)c4ccccc4)cc3O)CC(C)(C2)C1.CSC(C)(C)C. The van der Waals surface area contributed by atoms with Gasteiger partial charge in [-0.3, -0.25) is 0 Å². The minimum Gasteiger partial charge on any atom is -0.508 e. The molecule has 0 saturated heterocycles. The van der Waals surface area contributed by atoms with Crippen molar-refractivity contribution in [3.63, 3.8) is 0 Å². The molecule has 2 aromatic rings. The molecule has 1 fully saturated rings. The lowest BCUT2D eigenvalue weighted by molar-refractivity contribution is 0.171. The van der Waals surface area contributed by atoms with Gasteiger partial charge < -0.3 is 10.2 Å². The summed E-state index contributed by atoms with van der Waals surface area (Å²) in [4.78, 5) is 0. The molecule has 0 heterocycles. The first-order valence-electron chi connectivity index (χ1n) is 11.8. The van der Waals surface area contributed by atoms with Crippen LogP contribution >= 0.6 is 11.8 Å². The highest BCUT2D eigenvalue weighted by Crippen LogP contribution is 2.53. The Labute approximate surface area is 199 Å². The van der Waals surface area contributed by atoms with E-state index >= 15 is 0 Å². The number of aliphatic hydroxyl groups excluding tert-OH is 1. The average molecular weight is 453 g/mol. The van der Waals surface area contributed by atoms with E-state index in [1.54, 1.807) is 11.6 Å². The van der Waals surface area contributed by atoms with Crippen molar-refractivity contribution in [2.75, 3.05) is 6.26 Å². The number of hydrogen-bond donors (Lipinski definition) is 2. The lowest BCUT2D eigenvalue weighted by Crippen LogP contribution is -2.31. The molecule has 0 radical (unpaired) electrons. The Kier molecular flexibility index (Phi) is 7.83. The molecule has 2 aromatic carbocycles. The predicted molar refractivity (Wildman–Crippen MR) is 138 cm³/mol. The molecule has 2 nitrogen and oxygen atoms in total. The molecule has 0 spiro atoms. The first-order chi connectivity index (χ1) is 15.0. The number of rotatable bonds is 3. The van der Waals surface area contributed by atoms with E-state index in [-0.39, 0.29) is 5.92 Å². The van der Waals surface area contributed by atoms with Crippen LogP contribution in [0.25, 0.3) is 0 Å². The Morgan fingerprint density at radius 3 is 2.25 bits per heavy atom. The number of fused-ring (bicyclic) bond motifs is 2. The Hall–Kier alpha value is -1.71. The maximum atomic E-state index is 10.7. The third kappa shape index (κ3) is 6.42. The summed E-state index contributed by atoms with van der Waals surface area (Å²) in [6, 6.07) is 15.3. The van der Waals surface area contributed by atoms with E-state index in [1.165, 1.54) is 19.3 Å². The van der Waals surface area contributed by atoms with Gasteiger partial charge in [-0.05, 0) is 60.5 Å². The van der Waals surface area contributed by atoms with Crippen LogP contribution in [0.2, 0.25) is 0 Å². The third-order valence-electron chi connectivity index (χ3n) is 6.75. The molecule has 4 rings (SSSR count). The Balaban J connectivity index is 0.000000427. The van der Waals surface area contributed by atoms with Crippen LogP contribution in [0.3, 0.4) is 0 Å². The molecule has 2 bridgehead atoms. The molecule has 174 valence electrons. The number of benzene rings is 2. The van der Waals surface area contributed by atoms with Gasteiger partial charge in [0.05, 0.1) is 0 Å². The van der Waals surface area contributed by atoms with Gasteiger partial charge >= 0.3 is 0 Å². The average Bonchev–Trinajstić information content (AvgIpc) is 2.72. The standard InChI is InChI=1S/C24H28O2.C5H12S/c1-16-10-17-11-20(15-24(2,13-16)14-17)21-9-8-19(12-22(21)25)23(26)18-6-4-3-5-7-18;1-5(2,3)6-4/h3-9,11-12,16,20,23,25-26H,10,13-15H2,1-2H3;1-4H3. The van der Waals surface area contributed by atoms with Crippen molar-refractivity contribution in [3.05, 3.63) is 76.9 Å². The molecular formula is C29H40O2S. The number of allylic oxidation sites excluding steroid dienone is 2. The van der Waals surface area contributed by atoms with E-state index in [9.17, 15) is 10.2 Å². The number of phenols is 1. The first-order valence-corrected chi connectivity index (χ1v) is 13.0. The fraction of sp³-hybridized carbons (Fsp3) is 0.517. The zero-order valence-electron chi connectivity index (χ0n) is 20.6. The highest BCUT2D eigenvalue weighted by molar-refractivity contribution is 7.99. The highest BCUT2D eigenvalue weighted by atomic mass is 32.2. The van der Waals surface area contributed by atoms with E-state index in [1.807, 2.05) is 54.2 Å². The molecule has 1 saturated carbocycles. The molecule has 0 aliphatic heterocycles. The molecular weight excluding hydrogens is 412 g/mol. The summed E-state index contributed by atoms with van der Waals surface area (Å²) in [5.74, 6) is 1.34. The minimum atomic E-state index is -0.710. The lowest BCUT2D eigenvalue weighted by atomic mass is 9.61. The second kappa shape index (κ2) is 10.1. The van der Waals surface area contributed by atoms with Crippen LogP contribution in [0.15, 0.2) is 60.2 Å². The summed E-state index contributed by atoms with van der Waals surface area (Å²) in [5, 5.41) is 21.3. The van der Waals surface area contributed by atoms with Gasteiger partial charge in [0.15, 0.2) is 0 Å². The fourth-order valence-electron chi connectivity index (χ4n) is 5.28. The first kappa shape index (κ1) is 24.9. The van der Waals surface area contributed by atoms with Crippen LogP contribution in [-0.4, -0.2) is 21.2 Å². The van der Waals surface area contributed by atoms with Crippen LogP contribution in [-0.2, 0) is 0 Å². The van der Waals surface area contributed by atoms with Crippen LogP contribution < -0.4 is 0 Å². The Bertz CT molecular complexity index is 928. The molecule has 3 heteroatoms. The van der Waals surface area contributed by atoms with E-state index in [0.29, 0.717) is 15.9 Å². The second-order valence-electron chi connectivity index (χ2n) is 11.1. The minimum absolute atomic E-state index is 0.277. The lowest BCUT2D eigenvalue weighted by Gasteiger charge is -2.44. The molecule has 2 aliphatic rings. The maximum absolute atomic E-state index is 10.7. The fourth-order valence-corrected chi connectivity index (χ4v) is 5.28. The zero-order valence-corrected chi connectivity index (χ0v) is 21.4. The Morgan fingerprint density at radius 1 is 1.03 bits per heavy atom. The molecule has 0 aromatic heterocycles. The van der Waals surface area contributed by atoms with Crippen LogP contribution in [0.4, 0.5) is 0 Å². The van der Waals surface area contributed by atoms with Gasteiger partial charge in [0.2, 0.25) is 0 Å². The molecule has 4 unspecified atom stereocenters. The van der Waals surface area contributed by atoms with E-state index in [0.717, 1.165) is 29.0 Å².